The van der Waals surface area contributed by atoms with Gasteiger partial charge in [0.25, 0.3) is 0 Å². The minimum absolute atomic E-state index is 0.285. The third kappa shape index (κ3) is 7.85. The number of nitrogens with zero attached hydrogens (tertiary/aromatic N) is 1. The first-order valence-electron chi connectivity index (χ1n) is 10.0. The number of thiocarbonyl (C=S) groups is 1. The molecule has 0 heterocycles. The van der Waals surface area contributed by atoms with Crippen LogP contribution in [0.25, 0.3) is 0 Å². The quantitative estimate of drug-likeness (QED) is 0.112. The Bertz CT molecular complexity index is 1160. The molecule has 0 bridgehead atoms. The Morgan fingerprint density at radius 1 is 1.15 bits per heavy atom. The molecule has 6 nitrogen and oxygen atoms in total. The first kappa shape index (κ1) is 24.7. The Hall–Kier alpha value is -2.94. The Labute approximate surface area is 211 Å². The van der Waals surface area contributed by atoms with Crippen molar-refractivity contribution >= 4 is 62.7 Å². The second kappa shape index (κ2) is 12.3. The van der Waals surface area contributed by atoms with Gasteiger partial charge in [-0.25, -0.2) is 4.79 Å². The van der Waals surface area contributed by atoms with Crippen LogP contribution >= 0.6 is 39.7 Å². The SMILES string of the molecule is CCCOc1ccc(C(=O)Oc2ccc(Br)cc2/C=N/NC(=S)Nc2cccc(Cl)c2)cc1. The fourth-order valence-electron chi connectivity index (χ4n) is 2.66. The molecule has 0 spiro atoms. The van der Waals surface area contributed by atoms with E-state index in [9.17, 15) is 4.79 Å². The van der Waals surface area contributed by atoms with Crippen LogP contribution in [0.4, 0.5) is 5.69 Å². The molecule has 3 rings (SSSR count). The number of hydrogen-bond donors (Lipinski definition) is 2. The summed E-state index contributed by atoms with van der Waals surface area (Å²) in [7, 11) is 0. The fraction of sp³-hybridized carbons (Fsp3) is 0.125. The van der Waals surface area contributed by atoms with Crippen molar-refractivity contribution < 1.29 is 14.3 Å². The number of benzene rings is 3. The van der Waals surface area contributed by atoms with Crippen LogP contribution in [0.15, 0.2) is 76.3 Å². The van der Waals surface area contributed by atoms with E-state index in [-0.39, 0.29) is 5.11 Å². The van der Waals surface area contributed by atoms with Gasteiger partial charge in [-0.15, -0.1) is 0 Å². The third-order valence-electron chi connectivity index (χ3n) is 4.19. The predicted octanol–water partition coefficient (Wildman–Crippen LogP) is 6.43. The smallest absolute Gasteiger partial charge is 0.343 e. The molecule has 0 saturated carbocycles. The molecular weight excluding hydrogens is 526 g/mol. The fourth-order valence-corrected chi connectivity index (χ4v) is 3.40. The zero-order valence-corrected chi connectivity index (χ0v) is 20.8. The number of nitrogens with one attached hydrogen (secondary N) is 2. The molecule has 0 atom stereocenters. The number of carbonyl (C=O) groups excluding carboxylic acids is 1. The second-order valence-electron chi connectivity index (χ2n) is 6.78. The van der Waals surface area contributed by atoms with Crippen LogP contribution in [-0.4, -0.2) is 23.9 Å². The highest BCUT2D eigenvalue weighted by molar-refractivity contribution is 9.10. The normalized spacial score (nSPS) is 10.6. The number of rotatable bonds is 8. The lowest BCUT2D eigenvalue weighted by Crippen LogP contribution is -2.23. The van der Waals surface area contributed by atoms with Gasteiger partial charge < -0.3 is 14.8 Å². The summed E-state index contributed by atoms with van der Waals surface area (Å²) in [6.45, 7) is 2.65. The van der Waals surface area contributed by atoms with Gasteiger partial charge in [0.1, 0.15) is 11.5 Å². The summed E-state index contributed by atoms with van der Waals surface area (Å²) in [5, 5.41) is 8.00. The van der Waals surface area contributed by atoms with Gasteiger partial charge in [-0.2, -0.15) is 5.10 Å². The van der Waals surface area contributed by atoms with Gasteiger partial charge in [0.2, 0.25) is 0 Å². The molecule has 0 radical (unpaired) electrons. The molecule has 3 aromatic carbocycles. The number of ether oxygens (including phenoxy) is 2. The lowest BCUT2D eigenvalue weighted by Gasteiger charge is -2.10. The molecule has 2 N–H and O–H groups in total. The van der Waals surface area contributed by atoms with E-state index in [1.807, 2.05) is 19.1 Å². The monoisotopic (exact) mass is 545 g/mol. The maximum Gasteiger partial charge on any atom is 0.343 e. The Balaban J connectivity index is 1.64. The van der Waals surface area contributed by atoms with E-state index < -0.39 is 5.97 Å². The van der Waals surface area contributed by atoms with Crippen molar-refractivity contribution in [2.45, 2.75) is 13.3 Å². The zero-order valence-electron chi connectivity index (χ0n) is 17.7. The third-order valence-corrected chi connectivity index (χ3v) is 5.11. The summed E-state index contributed by atoms with van der Waals surface area (Å²) in [6, 6.07) is 19.2. The van der Waals surface area contributed by atoms with Gasteiger partial charge in [0.15, 0.2) is 5.11 Å². The molecule has 0 unspecified atom stereocenters. The standard InChI is InChI=1S/C24H21BrClN3O3S/c1-2-12-31-21-9-6-16(7-10-21)23(30)32-22-11-8-18(25)13-17(22)15-27-29-24(33)28-20-5-3-4-19(26)14-20/h3-11,13-15H,2,12H2,1H3,(H2,28,29,33)/b27-15+. The van der Waals surface area contributed by atoms with E-state index in [0.29, 0.717) is 34.3 Å². The van der Waals surface area contributed by atoms with Crippen molar-refractivity contribution in [3.05, 3.63) is 87.4 Å². The Morgan fingerprint density at radius 3 is 2.67 bits per heavy atom. The van der Waals surface area contributed by atoms with E-state index >= 15 is 0 Å². The molecule has 0 aromatic heterocycles. The average Bonchev–Trinajstić information content (AvgIpc) is 2.79. The topological polar surface area (TPSA) is 72.0 Å². The second-order valence-corrected chi connectivity index (χ2v) is 8.54. The van der Waals surface area contributed by atoms with Crippen molar-refractivity contribution in [3.8, 4) is 11.5 Å². The molecule has 0 saturated heterocycles. The predicted molar refractivity (Wildman–Crippen MR) is 140 cm³/mol. The first-order chi connectivity index (χ1) is 15.9. The van der Waals surface area contributed by atoms with Crippen LogP contribution in [0, 0.1) is 0 Å². The van der Waals surface area contributed by atoms with Crippen LogP contribution in [0.2, 0.25) is 5.02 Å². The molecule has 0 aliphatic rings. The van der Waals surface area contributed by atoms with Crippen LogP contribution < -0.4 is 20.2 Å². The number of hydrazone groups is 1. The highest BCUT2D eigenvalue weighted by Gasteiger charge is 2.12. The van der Waals surface area contributed by atoms with Crippen molar-refractivity contribution in [2.24, 2.45) is 5.10 Å². The first-order valence-corrected chi connectivity index (χ1v) is 11.6. The highest BCUT2D eigenvalue weighted by atomic mass is 79.9. The zero-order chi connectivity index (χ0) is 23.6. The molecule has 0 aliphatic carbocycles. The number of halogens is 2. The minimum atomic E-state index is -0.486. The Kier molecular flexibility index (Phi) is 9.24. The lowest BCUT2D eigenvalue weighted by molar-refractivity contribution is 0.0734. The van der Waals surface area contributed by atoms with E-state index in [1.54, 1.807) is 54.6 Å². The molecular formula is C24H21BrClN3O3S. The minimum Gasteiger partial charge on any atom is -0.494 e. The van der Waals surface area contributed by atoms with Crippen molar-refractivity contribution in [2.75, 3.05) is 11.9 Å². The number of hydrogen-bond acceptors (Lipinski definition) is 5. The maximum atomic E-state index is 12.6. The van der Waals surface area contributed by atoms with Gasteiger partial charge in [0, 0.05) is 20.7 Å². The van der Waals surface area contributed by atoms with Crippen molar-refractivity contribution in [1.82, 2.24) is 5.43 Å². The molecule has 33 heavy (non-hydrogen) atoms. The summed E-state index contributed by atoms with van der Waals surface area (Å²) in [5.74, 6) is 0.576. The van der Waals surface area contributed by atoms with Crippen molar-refractivity contribution in [3.63, 3.8) is 0 Å². The van der Waals surface area contributed by atoms with Crippen LogP contribution in [0.3, 0.4) is 0 Å². The van der Waals surface area contributed by atoms with Gasteiger partial charge in [0.05, 0.1) is 18.4 Å². The molecule has 3 aromatic rings. The lowest BCUT2D eigenvalue weighted by atomic mass is 10.2. The van der Waals surface area contributed by atoms with Crippen LogP contribution in [0.1, 0.15) is 29.3 Å². The van der Waals surface area contributed by atoms with E-state index in [4.69, 9.17) is 33.3 Å². The summed E-state index contributed by atoms with van der Waals surface area (Å²) in [5.41, 5.74) is 4.46. The van der Waals surface area contributed by atoms with Gasteiger partial charge in [-0.1, -0.05) is 40.5 Å². The molecule has 0 aliphatic heterocycles. The van der Waals surface area contributed by atoms with Crippen LogP contribution in [0.5, 0.6) is 11.5 Å². The Morgan fingerprint density at radius 2 is 1.94 bits per heavy atom. The molecule has 0 amide bonds. The summed E-state index contributed by atoms with van der Waals surface area (Å²) in [6.07, 6.45) is 2.43. The highest BCUT2D eigenvalue weighted by Crippen LogP contribution is 2.23. The molecule has 9 heteroatoms. The van der Waals surface area contributed by atoms with Crippen molar-refractivity contribution in [1.29, 1.82) is 0 Å². The van der Waals surface area contributed by atoms with E-state index in [0.717, 1.165) is 16.6 Å². The summed E-state index contributed by atoms with van der Waals surface area (Å²) >= 11 is 14.6. The van der Waals surface area contributed by atoms with E-state index in [2.05, 4.69) is 31.8 Å². The largest absolute Gasteiger partial charge is 0.494 e. The molecule has 170 valence electrons. The van der Waals surface area contributed by atoms with Gasteiger partial charge in [-0.3, -0.25) is 5.43 Å². The number of anilines is 1. The average molecular weight is 547 g/mol. The number of carbonyl (C=O) groups is 1. The number of esters is 1. The summed E-state index contributed by atoms with van der Waals surface area (Å²) < 4.78 is 11.9. The van der Waals surface area contributed by atoms with Crippen LogP contribution in [-0.2, 0) is 0 Å². The van der Waals surface area contributed by atoms with Gasteiger partial charge >= 0.3 is 5.97 Å². The van der Waals surface area contributed by atoms with E-state index in [1.165, 1.54) is 6.21 Å². The molecule has 0 fully saturated rings. The van der Waals surface area contributed by atoms with Gasteiger partial charge in [-0.05, 0) is 79.3 Å². The summed E-state index contributed by atoms with van der Waals surface area (Å²) in [4.78, 5) is 12.6. The maximum absolute atomic E-state index is 12.6.